The molecule has 0 aliphatic carbocycles. The summed E-state index contributed by atoms with van der Waals surface area (Å²) in [5, 5.41) is 8.94. The van der Waals surface area contributed by atoms with Crippen LogP contribution in [-0.2, 0) is 19.4 Å². The molecule has 2 aromatic rings. The smallest absolute Gasteiger partial charge is 0.0708 e. The summed E-state index contributed by atoms with van der Waals surface area (Å²) in [5.41, 5.74) is 4.63. The Hall–Kier alpha value is -1.32. The predicted molar refractivity (Wildman–Crippen MR) is 89.3 cm³/mol. The van der Waals surface area contributed by atoms with Gasteiger partial charge in [0.25, 0.3) is 0 Å². The Labute approximate surface area is 132 Å². The van der Waals surface area contributed by atoms with Gasteiger partial charge in [-0.2, -0.15) is 5.10 Å². The van der Waals surface area contributed by atoms with Crippen molar-refractivity contribution >= 4 is 11.6 Å². The maximum Gasteiger partial charge on any atom is 0.0708 e. The largest absolute Gasteiger partial charge is 0.310 e. The van der Waals surface area contributed by atoms with E-state index in [0.717, 1.165) is 35.8 Å². The molecule has 2 rings (SSSR count). The molecule has 0 spiro atoms. The van der Waals surface area contributed by atoms with Crippen LogP contribution in [0.2, 0.25) is 5.02 Å². The summed E-state index contributed by atoms with van der Waals surface area (Å²) in [6.45, 7) is 9.40. The first-order valence-electron chi connectivity index (χ1n) is 7.65. The summed E-state index contributed by atoms with van der Waals surface area (Å²) in [5.74, 6) is 0. The minimum absolute atomic E-state index is 0.447. The van der Waals surface area contributed by atoms with Crippen LogP contribution in [-0.4, -0.2) is 15.8 Å². The second-order valence-corrected chi connectivity index (χ2v) is 5.99. The number of rotatable bonds is 6. The maximum absolute atomic E-state index is 6.20. The third-order valence-corrected chi connectivity index (χ3v) is 3.77. The molecule has 0 saturated heterocycles. The van der Waals surface area contributed by atoms with E-state index in [1.165, 1.54) is 11.3 Å². The molecule has 0 aliphatic rings. The van der Waals surface area contributed by atoms with Crippen molar-refractivity contribution < 1.29 is 0 Å². The van der Waals surface area contributed by atoms with Crippen LogP contribution in [0.15, 0.2) is 24.3 Å². The van der Waals surface area contributed by atoms with Crippen molar-refractivity contribution in [3.05, 3.63) is 46.2 Å². The third-order valence-electron chi connectivity index (χ3n) is 3.53. The molecule has 0 amide bonds. The monoisotopic (exact) mass is 305 g/mol. The van der Waals surface area contributed by atoms with Gasteiger partial charge in [-0.05, 0) is 36.6 Å². The molecule has 0 fully saturated rings. The molecule has 3 nitrogen and oxygen atoms in total. The number of aromatic nitrogens is 2. The van der Waals surface area contributed by atoms with Gasteiger partial charge in [-0.15, -0.1) is 0 Å². The lowest BCUT2D eigenvalue weighted by molar-refractivity contribution is 0.586. The van der Waals surface area contributed by atoms with Crippen LogP contribution in [0.25, 0.3) is 5.69 Å². The van der Waals surface area contributed by atoms with Crippen molar-refractivity contribution in [3.63, 3.8) is 0 Å². The second-order valence-electron chi connectivity index (χ2n) is 5.55. The standard InChI is InChI=1S/C17H24ClN3/c1-5-15-10-16(6-2)21(20-15)17-9-14(18)8-7-13(17)11-19-12(3)4/h7-10,12,19H,5-6,11H2,1-4H3. The van der Waals surface area contributed by atoms with Crippen molar-refractivity contribution in [3.8, 4) is 5.69 Å². The number of benzene rings is 1. The highest BCUT2D eigenvalue weighted by Crippen LogP contribution is 2.22. The summed E-state index contributed by atoms with van der Waals surface area (Å²) in [6, 6.07) is 8.66. The number of nitrogens with one attached hydrogen (secondary N) is 1. The molecular weight excluding hydrogens is 282 g/mol. The van der Waals surface area contributed by atoms with Gasteiger partial charge in [-0.3, -0.25) is 0 Å². The van der Waals surface area contributed by atoms with E-state index in [1.807, 2.05) is 16.8 Å². The average Bonchev–Trinajstić information content (AvgIpc) is 2.89. The zero-order valence-corrected chi connectivity index (χ0v) is 14.0. The van der Waals surface area contributed by atoms with E-state index < -0.39 is 0 Å². The van der Waals surface area contributed by atoms with Gasteiger partial charge in [0.15, 0.2) is 0 Å². The normalized spacial score (nSPS) is 11.3. The maximum atomic E-state index is 6.20. The molecule has 0 radical (unpaired) electrons. The first-order valence-corrected chi connectivity index (χ1v) is 8.02. The first-order chi connectivity index (χ1) is 10.0. The Balaban J connectivity index is 2.46. The molecular formula is C17H24ClN3. The average molecular weight is 306 g/mol. The molecule has 1 aromatic carbocycles. The molecule has 114 valence electrons. The minimum Gasteiger partial charge on any atom is -0.310 e. The van der Waals surface area contributed by atoms with Crippen LogP contribution in [0, 0.1) is 0 Å². The lowest BCUT2D eigenvalue weighted by Crippen LogP contribution is -2.23. The van der Waals surface area contributed by atoms with Gasteiger partial charge < -0.3 is 5.32 Å². The number of hydrogen-bond acceptors (Lipinski definition) is 2. The molecule has 1 aromatic heterocycles. The zero-order valence-electron chi connectivity index (χ0n) is 13.3. The second kappa shape index (κ2) is 7.10. The third kappa shape index (κ3) is 3.86. The Kier molecular flexibility index (Phi) is 5.43. The fraction of sp³-hybridized carbons (Fsp3) is 0.471. The highest BCUT2D eigenvalue weighted by Gasteiger charge is 2.12. The quantitative estimate of drug-likeness (QED) is 0.869. The van der Waals surface area contributed by atoms with Gasteiger partial charge in [0.1, 0.15) is 0 Å². The van der Waals surface area contributed by atoms with E-state index in [0.29, 0.717) is 6.04 Å². The molecule has 21 heavy (non-hydrogen) atoms. The van der Waals surface area contributed by atoms with Crippen molar-refractivity contribution in [2.45, 2.75) is 53.1 Å². The number of aryl methyl sites for hydroxylation is 2. The van der Waals surface area contributed by atoms with Crippen molar-refractivity contribution in [1.82, 2.24) is 15.1 Å². The van der Waals surface area contributed by atoms with Gasteiger partial charge in [0.05, 0.1) is 11.4 Å². The lowest BCUT2D eigenvalue weighted by atomic mass is 10.1. The predicted octanol–water partition coefficient (Wildman–Crippen LogP) is 4.15. The molecule has 1 N–H and O–H groups in total. The lowest BCUT2D eigenvalue weighted by Gasteiger charge is -2.15. The minimum atomic E-state index is 0.447. The molecule has 0 saturated carbocycles. The Morgan fingerprint density at radius 3 is 2.57 bits per heavy atom. The summed E-state index contributed by atoms with van der Waals surface area (Å²) in [4.78, 5) is 0. The summed E-state index contributed by atoms with van der Waals surface area (Å²) in [6.07, 6.45) is 1.90. The van der Waals surface area contributed by atoms with Crippen LogP contribution < -0.4 is 5.32 Å². The summed E-state index contributed by atoms with van der Waals surface area (Å²) in [7, 11) is 0. The highest BCUT2D eigenvalue weighted by atomic mass is 35.5. The highest BCUT2D eigenvalue weighted by molar-refractivity contribution is 6.30. The van der Waals surface area contributed by atoms with Crippen molar-refractivity contribution in [2.24, 2.45) is 0 Å². The van der Waals surface area contributed by atoms with Crippen LogP contribution in [0.3, 0.4) is 0 Å². The number of halogens is 1. The van der Waals surface area contributed by atoms with Gasteiger partial charge in [0, 0.05) is 23.3 Å². The first kappa shape index (κ1) is 16.1. The Morgan fingerprint density at radius 1 is 1.19 bits per heavy atom. The van der Waals surface area contributed by atoms with Gasteiger partial charge in [-0.1, -0.05) is 45.4 Å². The number of nitrogens with zero attached hydrogens (tertiary/aromatic N) is 2. The van der Waals surface area contributed by atoms with E-state index in [9.17, 15) is 0 Å². The molecule has 0 bridgehead atoms. The Bertz CT molecular complexity index is 602. The van der Waals surface area contributed by atoms with E-state index in [1.54, 1.807) is 0 Å². The van der Waals surface area contributed by atoms with Gasteiger partial charge in [-0.25, -0.2) is 4.68 Å². The van der Waals surface area contributed by atoms with E-state index in [4.69, 9.17) is 16.7 Å². The van der Waals surface area contributed by atoms with Crippen LogP contribution in [0.1, 0.15) is 44.6 Å². The molecule has 0 unspecified atom stereocenters. The van der Waals surface area contributed by atoms with Gasteiger partial charge in [0.2, 0.25) is 0 Å². The SMILES string of the molecule is CCc1cc(CC)n(-c2cc(Cl)ccc2CNC(C)C)n1. The van der Waals surface area contributed by atoms with Crippen molar-refractivity contribution in [1.29, 1.82) is 0 Å². The van der Waals surface area contributed by atoms with Crippen molar-refractivity contribution in [2.75, 3.05) is 0 Å². The topological polar surface area (TPSA) is 29.9 Å². The molecule has 0 aliphatic heterocycles. The van der Waals surface area contributed by atoms with E-state index >= 15 is 0 Å². The fourth-order valence-electron chi connectivity index (χ4n) is 2.31. The zero-order chi connectivity index (χ0) is 15.4. The van der Waals surface area contributed by atoms with Crippen LogP contribution in [0.5, 0.6) is 0 Å². The van der Waals surface area contributed by atoms with E-state index in [2.05, 4.69) is 45.1 Å². The molecule has 4 heteroatoms. The summed E-state index contributed by atoms with van der Waals surface area (Å²) >= 11 is 6.20. The summed E-state index contributed by atoms with van der Waals surface area (Å²) < 4.78 is 2.04. The molecule has 0 atom stereocenters. The van der Waals surface area contributed by atoms with Gasteiger partial charge >= 0.3 is 0 Å². The fourth-order valence-corrected chi connectivity index (χ4v) is 2.47. The van der Waals surface area contributed by atoms with E-state index in [-0.39, 0.29) is 0 Å². The van der Waals surface area contributed by atoms with Crippen LogP contribution in [0.4, 0.5) is 0 Å². The number of hydrogen-bond donors (Lipinski definition) is 1. The van der Waals surface area contributed by atoms with Crippen LogP contribution >= 0.6 is 11.6 Å². The molecule has 1 heterocycles. The Morgan fingerprint density at radius 2 is 1.95 bits per heavy atom.